The molecule has 0 aliphatic heterocycles. The maximum Gasteiger partial charge on any atom is 0.431 e. The normalized spacial score (nSPS) is 11.9. The van der Waals surface area contributed by atoms with Crippen molar-refractivity contribution in [2.45, 2.75) is 13.1 Å². The second-order valence-corrected chi connectivity index (χ2v) is 3.66. The SMILES string of the molecule is CCOC(=O)/C=C(/Nc1cccc(OC)c1)C(F)(F)F. The number of anilines is 1. The Hall–Kier alpha value is -2.18. The molecule has 0 saturated carbocycles. The van der Waals surface area contributed by atoms with Crippen molar-refractivity contribution in [2.24, 2.45) is 0 Å². The summed E-state index contributed by atoms with van der Waals surface area (Å²) in [6, 6.07) is 5.92. The summed E-state index contributed by atoms with van der Waals surface area (Å²) in [4.78, 5) is 11.2. The van der Waals surface area contributed by atoms with E-state index in [0.29, 0.717) is 11.8 Å². The van der Waals surface area contributed by atoms with Gasteiger partial charge in [0.2, 0.25) is 0 Å². The number of carbonyl (C=O) groups is 1. The first-order chi connectivity index (χ1) is 9.36. The minimum Gasteiger partial charge on any atom is -0.497 e. The van der Waals surface area contributed by atoms with Gasteiger partial charge < -0.3 is 14.8 Å². The first-order valence-electron chi connectivity index (χ1n) is 5.73. The minimum atomic E-state index is -4.70. The molecule has 0 unspecified atom stereocenters. The Labute approximate surface area is 114 Å². The molecule has 0 saturated heterocycles. The summed E-state index contributed by atoms with van der Waals surface area (Å²) in [7, 11) is 1.40. The number of methoxy groups -OCH3 is 1. The van der Waals surface area contributed by atoms with Crippen LogP contribution < -0.4 is 10.1 Å². The summed E-state index contributed by atoms with van der Waals surface area (Å²) >= 11 is 0. The second kappa shape index (κ2) is 6.83. The van der Waals surface area contributed by atoms with Gasteiger partial charge in [-0.2, -0.15) is 13.2 Å². The van der Waals surface area contributed by atoms with E-state index in [4.69, 9.17) is 4.74 Å². The smallest absolute Gasteiger partial charge is 0.431 e. The van der Waals surface area contributed by atoms with Gasteiger partial charge in [0.15, 0.2) is 0 Å². The Balaban J connectivity index is 2.98. The van der Waals surface area contributed by atoms with E-state index in [-0.39, 0.29) is 12.3 Å². The zero-order valence-corrected chi connectivity index (χ0v) is 11.0. The van der Waals surface area contributed by atoms with E-state index in [1.165, 1.54) is 32.2 Å². The number of rotatable bonds is 5. The molecule has 1 aromatic rings. The standard InChI is InChI=1S/C13H14F3NO3/c1-3-20-12(18)8-11(13(14,15)16)17-9-5-4-6-10(7-9)19-2/h4-8,17H,3H2,1-2H3/b11-8+. The van der Waals surface area contributed by atoms with E-state index in [2.05, 4.69) is 10.1 Å². The Morgan fingerprint density at radius 1 is 1.40 bits per heavy atom. The van der Waals surface area contributed by atoms with Gasteiger partial charge in [-0.3, -0.25) is 0 Å². The highest BCUT2D eigenvalue weighted by Crippen LogP contribution is 2.28. The predicted molar refractivity (Wildman–Crippen MR) is 67.4 cm³/mol. The lowest BCUT2D eigenvalue weighted by molar-refractivity contribution is -0.138. The molecule has 4 nitrogen and oxygen atoms in total. The highest BCUT2D eigenvalue weighted by atomic mass is 19.4. The molecule has 0 atom stereocenters. The zero-order chi connectivity index (χ0) is 15.2. The highest BCUT2D eigenvalue weighted by molar-refractivity contribution is 5.83. The maximum atomic E-state index is 12.8. The van der Waals surface area contributed by atoms with Crippen molar-refractivity contribution in [2.75, 3.05) is 19.0 Å². The monoisotopic (exact) mass is 289 g/mol. The van der Waals surface area contributed by atoms with Gasteiger partial charge in [0, 0.05) is 11.8 Å². The van der Waals surface area contributed by atoms with Gasteiger partial charge in [-0.1, -0.05) is 6.07 Å². The molecular weight excluding hydrogens is 275 g/mol. The number of allylic oxidation sites excluding steroid dienone is 1. The van der Waals surface area contributed by atoms with Crippen molar-refractivity contribution in [3.8, 4) is 5.75 Å². The van der Waals surface area contributed by atoms with E-state index in [0.717, 1.165) is 0 Å². The minimum absolute atomic E-state index is 0.000367. The predicted octanol–water partition coefficient (Wildman–Crippen LogP) is 3.12. The van der Waals surface area contributed by atoms with Crippen LogP contribution in [0.1, 0.15) is 6.92 Å². The summed E-state index contributed by atoms with van der Waals surface area (Å²) in [5, 5.41) is 2.14. The number of hydrogen-bond acceptors (Lipinski definition) is 4. The van der Waals surface area contributed by atoms with Gasteiger partial charge in [0.25, 0.3) is 0 Å². The lowest BCUT2D eigenvalue weighted by Gasteiger charge is -2.14. The number of hydrogen-bond donors (Lipinski definition) is 1. The van der Waals surface area contributed by atoms with Crippen LogP contribution in [0, 0.1) is 0 Å². The second-order valence-electron chi connectivity index (χ2n) is 3.66. The summed E-state index contributed by atoms with van der Waals surface area (Å²) < 4.78 is 47.8. The maximum absolute atomic E-state index is 12.8. The molecule has 110 valence electrons. The molecule has 0 fully saturated rings. The fraction of sp³-hybridized carbons (Fsp3) is 0.308. The lowest BCUT2D eigenvalue weighted by Crippen LogP contribution is -2.21. The summed E-state index contributed by atoms with van der Waals surface area (Å²) in [5.74, 6) is -0.664. The van der Waals surface area contributed by atoms with Crippen molar-refractivity contribution in [3.63, 3.8) is 0 Å². The van der Waals surface area contributed by atoms with E-state index in [9.17, 15) is 18.0 Å². The van der Waals surface area contributed by atoms with Gasteiger partial charge in [0.1, 0.15) is 11.4 Å². The average Bonchev–Trinajstić information content (AvgIpc) is 2.37. The molecule has 0 bridgehead atoms. The first-order valence-corrected chi connectivity index (χ1v) is 5.73. The summed E-state index contributed by atoms with van der Waals surface area (Å²) in [6.07, 6.45) is -4.32. The van der Waals surface area contributed by atoms with Crippen LogP contribution >= 0.6 is 0 Å². The Kier molecular flexibility index (Phi) is 5.42. The number of alkyl halides is 3. The van der Waals surface area contributed by atoms with Crippen LogP contribution in [0.2, 0.25) is 0 Å². The fourth-order valence-corrected chi connectivity index (χ4v) is 1.35. The van der Waals surface area contributed by atoms with Crippen molar-refractivity contribution >= 4 is 11.7 Å². The molecule has 7 heteroatoms. The third-order valence-electron chi connectivity index (χ3n) is 2.20. The van der Waals surface area contributed by atoms with E-state index in [1.807, 2.05) is 0 Å². The lowest BCUT2D eigenvalue weighted by atomic mass is 10.2. The van der Waals surface area contributed by atoms with Gasteiger partial charge in [0.05, 0.1) is 19.8 Å². The molecule has 0 aromatic heterocycles. The molecule has 0 aliphatic rings. The third kappa shape index (κ3) is 4.83. The fourth-order valence-electron chi connectivity index (χ4n) is 1.35. The van der Waals surface area contributed by atoms with Crippen LogP contribution in [0.5, 0.6) is 5.75 Å². The molecule has 1 N–H and O–H groups in total. The van der Waals surface area contributed by atoms with Crippen molar-refractivity contribution in [1.29, 1.82) is 0 Å². The highest BCUT2D eigenvalue weighted by Gasteiger charge is 2.35. The molecule has 0 spiro atoms. The van der Waals surface area contributed by atoms with Crippen molar-refractivity contribution in [3.05, 3.63) is 36.0 Å². The topological polar surface area (TPSA) is 47.6 Å². The first kappa shape index (κ1) is 15.9. The summed E-state index contributed by atoms with van der Waals surface area (Å²) in [6.45, 7) is 1.51. The number of ether oxygens (including phenoxy) is 2. The zero-order valence-electron chi connectivity index (χ0n) is 11.0. The van der Waals surface area contributed by atoms with Gasteiger partial charge in [-0.15, -0.1) is 0 Å². The van der Waals surface area contributed by atoms with Gasteiger partial charge >= 0.3 is 12.1 Å². The van der Waals surface area contributed by atoms with Crippen LogP contribution in [0.4, 0.5) is 18.9 Å². The number of nitrogens with one attached hydrogen (secondary N) is 1. The van der Waals surface area contributed by atoms with Crippen LogP contribution in [0.25, 0.3) is 0 Å². The molecule has 0 radical (unpaired) electrons. The van der Waals surface area contributed by atoms with E-state index < -0.39 is 17.8 Å². The van der Waals surface area contributed by atoms with Crippen molar-refractivity contribution < 1.29 is 27.4 Å². The molecule has 0 amide bonds. The van der Waals surface area contributed by atoms with Crippen LogP contribution in [-0.4, -0.2) is 25.9 Å². The van der Waals surface area contributed by atoms with Crippen molar-refractivity contribution in [1.82, 2.24) is 0 Å². The average molecular weight is 289 g/mol. The Morgan fingerprint density at radius 2 is 2.10 bits per heavy atom. The molecular formula is C13H14F3NO3. The van der Waals surface area contributed by atoms with Crippen LogP contribution in [-0.2, 0) is 9.53 Å². The van der Waals surface area contributed by atoms with Crippen LogP contribution in [0.15, 0.2) is 36.0 Å². The quantitative estimate of drug-likeness (QED) is 0.668. The molecule has 0 aliphatic carbocycles. The molecule has 0 heterocycles. The molecule has 1 aromatic carbocycles. The number of carbonyl (C=O) groups excluding carboxylic acids is 1. The van der Waals surface area contributed by atoms with E-state index >= 15 is 0 Å². The number of benzene rings is 1. The number of esters is 1. The molecule has 1 rings (SSSR count). The van der Waals surface area contributed by atoms with Gasteiger partial charge in [-0.25, -0.2) is 4.79 Å². The van der Waals surface area contributed by atoms with E-state index in [1.54, 1.807) is 6.07 Å². The Morgan fingerprint density at radius 3 is 2.65 bits per heavy atom. The Bertz CT molecular complexity index is 498. The van der Waals surface area contributed by atoms with Crippen LogP contribution in [0.3, 0.4) is 0 Å². The van der Waals surface area contributed by atoms with Gasteiger partial charge in [-0.05, 0) is 19.1 Å². The number of halogens is 3. The summed E-state index contributed by atoms with van der Waals surface area (Å²) in [5.41, 5.74) is -1.05. The third-order valence-corrected chi connectivity index (χ3v) is 2.20. The molecule has 20 heavy (non-hydrogen) atoms. The largest absolute Gasteiger partial charge is 0.497 e.